The molecule has 3 atom stereocenters. The first-order valence-corrected chi connectivity index (χ1v) is 8.63. The lowest BCUT2D eigenvalue weighted by atomic mass is 9.89. The van der Waals surface area contributed by atoms with Gasteiger partial charge in [0.2, 0.25) is 0 Å². The Bertz CT molecular complexity index is 527. The normalized spacial score (nSPS) is 32.0. The van der Waals surface area contributed by atoms with Crippen LogP contribution in [0.1, 0.15) is 31.4 Å². The third kappa shape index (κ3) is 3.16. The van der Waals surface area contributed by atoms with Gasteiger partial charge < -0.3 is 9.15 Å². The summed E-state index contributed by atoms with van der Waals surface area (Å²) >= 11 is 0. The van der Waals surface area contributed by atoms with Gasteiger partial charge in [-0.25, -0.2) is 5.06 Å². The molecule has 0 bridgehead atoms. The lowest BCUT2D eigenvalue weighted by molar-refractivity contribution is -0.204. The summed E-state index contributed by atoms with van der Waals surface area (Å²) in [6, 6.07) is 4.29. The molecule has 0 N–H and O–H groups in total. The maximum absolute atomic E-state index is 12.8. The summed E-state index contributed by atoms with van der Waals surface area (Å²) in [6.07, 6.45) is 5.75. The fourth-order valence-corrected chi connectivity index (χ4v) is 3.99. The number of likely N-dealkylation sites (tertiary alicyclic amines) is 1. The topological polar surface area (TPSA) is 55.2 Å². The van der Waals surface area contributed by atoms with Crippen molar-refractivity contribution >= 4 is 5.91 Å². The zero-order chi connectivity index (χ0) is 15.6. The number of amides is 1. The Morgan fingerprint density at radius 3 is 3.04 bits per heavy atom. The van der Waals surface area contributed by atoms with Crippen LogP contribution >= 0.6 is 0 Å². The van der Waals surface area contributed by atoms with Crippen molar-refractivity contribution in [2.75, 3.05) is 26.3 Å². The van der Waals surface area contributed by atoms with Crippen molar-refractivity contribution in [3.8, 4) is 0 Å². The molecule has 1 aromatic heterocycles. The van der Waals surface area contributed by atoms with Crippen LogP contribution in [0.15, 0.2) is 22.8 Å². The second-order valence-electron chi connectivity index (χ2n) is 6.69. The number of nitrogens with zero attached hydrogens (tertiary/aromatic N) is 2. The van der Waals surface area contributed by atoms with Crippen LogP contribution in [0.25, 0.3) is 0 Å². The lowest BCUT2D eigenvalue weighted by Gasteiger charge is -2.41. The zero-order valence-electron chi connectivity index (χ0n) is 13.4. The van der Waals surface area contributed by atoms with Crippen LogP contribution in [0.4, 0.5) is 0 Å². The molecule has 4 rings (SSSR count). The molecule has 0 saturated carbocycles. The van der Waals surface area contributed by atoms with Crippen molar-refractivity contribution in [2.45, 2.75) is 44.4 Å². The van der Waals surface area contributed by atoms with Crippen LogP contribution in [-0.4, -0.2) is 54.3 Å². The molecule has 126 valence electrons. The Kier molecular flexibility index (Phi) is 4.37. The van der Waals surface area contributed by atoms with E-state index in [4.69, 9.17) is 14.0 Å². The predicted molar refractivity (Wildman–Crippen MR) is 82.3 cm³/mol. The SMILES string of the molecule is O=C([C@@H]1C[C@@H]2OCC[C@@H]2N(Cc2ccco2)C1)N1CCCCO1. The Hall–Kier alpha value is -1.37. The second kappa shape index (κ2) is 6.63. The number of hydrogen-bond donors (Lipinski definition) is 0. The summed E-state index contributed by atoms with van der Waals surface area (Å²) in [5.41, 5.74) is 0. The number of piperidine rings is 1. The Labute approximate surface area is 136 Å². The van der Waals surface area contributed by atoms with Crippen LogP contribution in [0, 0.1) is 5.92 Å². The number of ether oxygens (including phenoxy) is 1. The molecule has 1 aromatic rings. The molecule has 3 saturated heterocycles. The number of fused-ring (bicyclic) bond motifs is 1. The molecule has 0 aliphatic carbocycles. The van der Waals surface area contributed by atoms with E-state index in [9.17, 15) is 4.79 Å². The minimum atomic E-state index is -0.0533. The van der Waals surface area contributed by atoms with Gasteiger partial charge in [0.1, 0.15) is 5.76 Å². The van der Waals surface area contributed by atoms with Gasteiger partial charge in [0.15, 0.2) is 0 Å². The number of carbonyl (C=O) groups excluding carboxylic acids is 1. The fourth-order valence-electron chi connectivity index (χ4n) is 3.99. The van der Waals surface area contributed by atoms with Crippen LogP contribution in [-0.2, 0) is 20.9 Å². The number of carbonyl (C=O) groups is 1. The van der Waals surface area contributed by atoms with Crippen LogP contribution in [0.2, 0.25) is 0 Å². The maximum Gasteiger partial charge on any atom is 0.250 e. The first kappa shape index (κ1) is 15.2. The minimum Gasteiger partial charge on any atom is -0.468 e. The molecule has 0 spiro atoms. The summed E-state index contributed by atoms with van der Waals surface area (Å²) in [6.45, 7) is 3.64. The number of rotatable bonds is 3. The Balaban J connectivity index is 1.46. The first-order valence-electron chi connectivity index (χ1n) is 8.63. The molecule has 3 aliphatic heterocycles. The zero-order valence-corrected chi connectivity index (χ0v) is 13.4. The molecule has 6 nitrogen and oxygen atoms in total. The number of hydroxylamine groups is 2. The van der Waals surface area contributed by atoms with E-state index in [0.717, 1.165) is 51.1 Å². The van der Waals surface area contributed by atoms with Crippen LogP contribution < -0.4 is 0 Å². The molecule has 0 radical (unpaired) electrons. The summed E-state index contributed by atoms with van der Waals surface area (Å²) in [5, 5.41) is 1.58. The second-order valence-corrected chi connectivity index (χ2v) is 6.69. The highest BCUT2D eigenvalue weighted by Crippen LogP contribution is 2.33. The van der Waals surface area contributed by atoms with E-state index in [-0.39, 0.29) is 17.9 Å². The van der Waals surface area contributed by atoms with Crippen molar-refractivity contribution in [2.24, 2.45) is 5.92 Å². The monoisotopic (exact) mass is 320 g/mol. The van der Waals surface area contributed by atoms with E-state index < -0.39 is 0 Å². The van der Waals surface area contributed by atoms with Gasteiger partial charge in [-0.1, -0.05) is 0 Å². The highest BCUT2D eigenvalue weighted by molar-refractivity contribution is 5.78. The average molecular weight is 320 g/mol. The van der Waals surface area contributed by atoms with Gasteiger partial charge >= 0.3 is 0 Å². The van der Waals surface area contributed by atoms with E-state index >= 15 is 0 Å². The maximum atomic E-state index is 12.8. The highest BCUT2D eigenvalue weighted by Gasteiger charge is 2.43. The third-order valence-corrected chi connectivity index (χ3v) is 5.15. The molecule has 23 heavy (non-hydrogen) atoms. The van der Waals surface area contributed by atoms with Crippen LogP contribution in [0.5, 0.6) is 0 Å². The van der Waals surface area contributed by atoms with Crippen molar-refractivity contribution in [1.82, 2.24) is 9.96 Å². The average Bonchev–Trinajstić information content (AvgIpc) is 3.26. The quantitative estimate of drug-likeness (QED) is 0.850. The summed E-state index contributed by atoms with van der Waals surface area (Å²) in [4.78, 5) is 20.7. The highest BCUT2D eigenvalue weighted by atomic mass is 16.7. The first-order chi connectivity index (χ1) is 11.3. The van der Waals surface area contributed by atoms with Crippen molar-refractivity contribution in [1.29, 1.82) is 0 Å². The van der Waals surface area contributed by atoms with Gasteiger partial charge in [-0.2, -0.15) is 0 Å². The largest absolute Gasteiger partial charge is 0.468 e. The van der Waals surface area contributed by atoms with Crippen molar-refractivity contribution in [3.63, 3.8) is 0 Å². The van der Waals surface area contributed by atoms with E-state index in [1.165, 1.54) is 0 Å². The smallest absolute Gasteiger partial charge is 0.250 e. The molecule has 0 unspecified atom stereocenters. The van der Waals surface area contributed by atoms with Gasteiger partial charge in [-0.15, -0.1) is 0 Å². The number of hydrogen-bond acceptors (Lipinski definition) is 5. The van der Waals surface area contributed by atoms with E-state index in [1.807, 2.05) is 12.1 Å². The predicted octanol–water partition coefficient (Wildman–Crippen LogP) is 1.81. The van der Waals surface area contributed by atoms with Crippen molar-refractivity contribution < 1.29 is 18.8 Å². The summed E-state index contributed by atoms with van der Waals surface area (Å²) < 4.78 is 11.4. The molecular weight excluding hydrogens is 296 g/mol. The third-order valence-electron chi connectivity index (χ3n) is 5.15. The molecule has 3 fully saturated rings. The molecule has 4 heterocycles. The Morgan fingerprint density at radius 2 is 2.26 bits per heavy atom. The Morgan fingerprint density at radius 1 is 1.30 bits per heavy atom. The van der Waals surface area contributed by atoms with E-state index in [2.05, 4.69) is 4.90 Å². The molecule has 1 amide bonds. The van der Waals surface area contributed by atoms with Gasteiger partial charge in [-0.05, 0) is 37.8 Å². The standard InChI is InChI=1S/C17H24N2O4/c20-17(19-6-1-2-8-23-19)13-10-16-15(5-9-22-16)18(11-13)12-14-4-3-7-21-14/h3-4,7,13,15-16H,1-2,5-6,8-12H2/t13-,15+,16+/m1/s1. The summed E-state index contributed by atoms with van der Waals surface area (Å²) in [5.74, 6) is 1.00. The van der Waals surface area contributed by atoms with Gasteiger partial charge in [0.05, 0.1) is 31.4 Å². The van der Waals surface area contributed by atoms with Gasteiger partial charge in [-0.3, -0.25) is 14.5 Å². The molecule has 3 aliphatic rings. The molecular formula is C17H24N2O4. The van der Waals surface area contributed by atoms with Crippen molar-refractivity contribution in [3.05, 3.63) is 24.2 Å². The number of furan rings is 1. The minimum absolute atomic E-state index is 0.0533. The van der Waals surface area contributed by atoms with Crippen LogP contribution in [0.3, 0.4) is 0 Å². The van der Waals surface area contributed by atoms with Gasteiger partial charge in [0.25, 0.3) is 5.91 Å². The summed E-state index contributed by atoms with van der Waals surface area (Å²) in [7, 11) is 0. The van der Waals surface area contributed by atoms with E-state index in [1.54, 1.807) is 11.3 Å². The van der Waals surface area contributed by atoms with E-state index in [0.29, 0.717) is 19.2 Å². The molecule has 0 aromatic carbocycles. The fraction of sp³-hybridized carbons (Fsp3) is 0.706. The lowest BCUT2D eigenvalue weighted by Crippen LogP contribution is -2.53. The molecule has 6 heteroatoms. The van der Waals surface area contributed by atoms with Gasteiger partial charge in [0, 0.05) is 25.7 Å².